The van der Waals surface area contributed by atoms with Gasteiger partial charge in [-0.15, -0.1) is 0 Å². The van der Waals surface area contributed by atoms with E-state index in [1.54, 1.807) is 0 Å². The van der Waals surface area contributed by atoms with Gasteiger partial charge in [0.25, 0.3) is 0 Å². The van der Waals surface area contributed by atoms with Crippen LogP contribution in [0, 0.1) is 0 Å². The Labute approximate surface area is 162 Å². The molecule has 0 aromatic rings. The average Bonchev–Trinajstić information content (AvgIpc) is 2.64. The van der Waals surface area contributed by atoms with Gasteiger partial charge in [0.05, 0.1) is 19.8 Å². The second-order valence-electron chi connectivity index (χ2n) is 7.04. The van der Waals surface area contributed by atoms with E-state index in [9.17, 15) is 20.1 Å². The van der Waals surface area contributed by atoms with Crippen LogP contribution in [0.1, 0.15) is 58.8 Å². The predicted molar refractivity (Wildman–Crippen MR) is 100 cm³/mol. The lowest BCUT2D eigenvalue weighted by atomic mass is 9.97. The van der Waals surface area contributed by atoms with Crippen LogP contribution in [0.3, 0.4) is 0 Å². The molecule has 27 heavy (non-hydrogen) atoms. The number of carbonyl (C=O) groups excluding carboxylic acids is 1. The number of aliphatic hydroxyl groups excluding tert-OH is 3. The zero-order valence-electron chi connectivity index (χ0n) is 16.6. The summed E-state index contributed by atoms with van der Waals surface area (Å²) in [5.74, 6) is -0.374. The fourth-order valence-corrected chi connectivity index (χ4v) is 3.10. The van der Waals surface area contributed by atoms with Crippen LogP contribution in [0.15, 0.2) is 0 Å². The van der Waals surface area contributed by atoms with E-state index in [-0.39, 0.29) is 12.5 Å². The summed E-state index contributed by atoms with van der Waals surface area (Å²) in [6.45, 7) is 4.31. The van der Waals surface area contributed by atoms with Crippen LogP contribution in [-0.2, 0) is 19.0 Å². The summed E-state index contributed by atoms with van der Waals surface area (Å²) in [5.41, 5.74) is 0. The Morgan fingerprint density at radius 2 is 1.67 bits per heavy atom. The van der Waals surface area contributed by atoms with Crippen molar-refractivity contribution in [2.75, 3.05) is 26.4 Å². The largest absolute Gasteiger partial charge is 0.394 e. The number of nitrogens with one attached hydrogen (secondary N) is 1. The standard InChI is InChI=1S/C19H37NO7/c1-3-4-5-6-7-8-9-10-25-11-12-26-19-16(20-14(2)22)18(24)17(23)15(13-21)27-19/h15-19,21,23-24H,3-13H2,1-2H3,(H,20,22)/t15-,16-,17-,18-,19?/m1/s1. The molecule has 1 fully saturated rings. The molecule has 1 aliphatic rings. The van der Waals surface area contributed by atoms with Crippen LogP contribution >= 0.6 is 0 Å². The van der Waals surface area contributed by atoms with Crippen LogP contribution in [-0.4, -0.2) is 78.3 Å². The first-order valence-electron chi connectivity index (χ1n) is 10.1. The molecule has 1 unspecified atom stereocenters. The molecule has 160 valence electrons. The smallest absolute Gasteiger partial charge is 0.217 e. The lowest BCUT2D eigenvalue weighted by Gasteiger charge is -2.42. The molecule has 1 aliphatic heterocycles. The second kappa shape index (κ2) is 14.3. The van der Waals surface area contributed by atoms with Gasteiger partial charge >= 0.3 is 0 Å². The maximum atomic E-state index is 11.3. The van der Waals surface area contributed by atoms with Gasteiger partial charge in [-0.1, -0.05) is 45.4 Å². The van der Waals surface area contributed by atoms with Gasteiger partial charge in [0.2, 0.25) is 5.91 Å². The van der Waals surface area contributed by atoms with Crippen molar-refractivity contribution in [1.29, 1.82) is 0 Å². The third-order valence-electron chi connectivity index (χ3n) is 4.65. The molecule has 0 bridgehead atoms. The van der Waals surface area contributed by atoms with Crippen LogP contribution in [0.25, 0.3) is 0 Å². The Kier molecular flexibility index (Phi) is 12.8. The SMILES string of the molecule is CCCCCCCCCOCCOC1O[C@H](CO)[C@@H](O)[C@H](O)[C@H]1NC(C)=O. The van der Waals surface area contributed by atoms with Crippen molar-refractivity contribution in [2.45, 2.75) is 89.4 Å². The maximum absolute atomic E-state index is 11.3. The van der Waals surface area contributed by atoms with Crippen molar-refractivity contribution in [3.63, 3.8) is 0 Å². The van der Waals surface area contributed by atoms with E-state index in [4.69, 9.17) is 14.2 Å². The minimum Gasteiger partial charge on any atom is -0.394 e. The van der Waals surface area contributed by atoms with E-state index in [1.807, 2.05) is 0 Å². The monoisotopic (exact) mass is 391 g/mol. The van der Waals surface area contributed by atoms with Crippen molar-refractivity contribution in [3.05, 3.63) is 0 Å². The van der Waals surface area contributed by atoms with Gasteiger partial charge < -0.3 is 34.8 Å². The summed E-state index contributed by atoms with van der Waals surface area (Å²) in [5, 5.41) is 31.9. The highest BCUT2D eigenvalue weighted by atomic mass is 16.7. The molecule has 1 amide bonds. The van der Waals surface area contributed by atoms with Crippen LogP contribution < -0.4 is 5.32 Å². The molecule has 8 heteroatoms. The van der Waals surface area contributed by atoms with Crippen LogP contribution in [0.4, 0.5) is 0 Å². The first-order chi connectivity index (χ1) is 13.0. The van der Waals surface area contributed by atoms with E-state index < -0.39 is 37.3 Å². The van der Waals surface area contributed by atoms with E-state index >= 15 is 0 Å². The van der Waals surface area contributed by atoms with Crippen LogP contribution in [0.5, 0.6) is 0 Å². The molecule has 0 aromatic carbocycles. The first kappa shape index (κ1) is 24.3. The summed E-state index contributed by atoms with van der Waals surface area (Å²) >= 11 is 0. The van der Waals surface area contributed by atoms with Gasteiger partial charge in [0.1, 0.15) is 24.4 Å². The predicted octanol–water partition coefficient (Wildman–Crippen LogP) is 0.714. The number of rotatable bonds is 14. The van der Waals surface area contributed by atoms with E-state index in [2.05, 4.69) is 12.2 Å². The molecular formula is C19H37NO7. The van der Waals surface area contributed by atoms with E-state index in [1.165, 1.54) is 39.0 Å². The second-order valence-corrected chi connectivity index (χ2v) is 7.04. The number of amides is 1. The van der Waals surface area contributed by atoms with Crippen molar-refractivity contribution < 1.29 is 34.3 Å². The number of unbranched alkanes of at least 4 members (excludes halogenated alkanes) is 6. The van der Waals surface area contributed by atoms with Gasteiger partial charge in [-0.3, -0.25) is 4.79 Å². The maximum Gasteiger partial charge on any atom is 0.217 e. The number of carbonyl (C=O) groups is 1. The Balaban J connectivity index is 2.23. The molecule has 8 nitrogen and oxygen atoms in total. The lowest BCUT2D eigenvalue weighted by Crippen LogP contribution is -2.64. The van der Waals surface area contributed by atoms with Crippen molar-refractivity contribution in [2.24, 2.45) is 0 Å². The van der Waals surface area contributed by atoms with Gasteiger partial charge in [0, 0.05) is 13.5 Å². The minimum atomic E-state index is -1.31. The van der Waals surface area contributed by atoms with Gasteiger partial charge in [-0.05, 0) is 6.42 Å². The highest BCUT2D eigenvalue weighted by Crippen LogP contribution is 2.22. The lowest BCUT2D eigenvalue weighted by molar-refractivity contribution is -0.272. The zero-order chi connectivity index (χ0) is 20.1. The summed E-state index contributed by atoms with van der Waals surface area (Å²) < 4.78 is 16.6. The molecule has 0 spiro atoms. The van der Waals surface area contributed by atoms with Gasteiger partial charge in [-0.2, -0.15) is 0 Å². The highest BCUT2D eigenvalue weighted by Gasteiger charge is 2.45. The molecule has 1 saturated heterocycles. The Hall–Kier alpha value is -0.770. The fourth-order valence-electron chi connectivity index (χ4n) is 3.10. The molecule has 5 atom stereocenters. The van der Waals surface area contributed by atoms with E-state index in [0.29, 0.717) is 13.2 Å². The normalized spacial score (nSPS) is 28.3. The molecule has 0 aromatic heterocycles. The summed E-state index contributed by atoms with van der Waals surface area (Å²) in [4.78, 5) is 11.3. The fraction of sp³-hybridized carbons (Fsp3) is 0.947. The topological polar surface area (TPSA) is 117 Å². The minimum absolute atomic E-state index is 0.220. The number of hydrogen-bond acceptors (Lipinski definition) is 7. The number of hydrogen-bond donors (Lipinski definition) is 4. The van der Waals surface area contributed by atoms with Crippen LogP contribution in [0.2, 0.25) is 0 Å². The molecular weight excluding hydrogens is 354 g/mol. The number of aliphatic hydroxyl groups is 3. The number of ether oxygens (including phenoxy) is 3. The van der Waals surface area contributed by atoms with Gasteiger partial charge in [0.15, 0.2) is 6.29 Å². The average molecular weight is 392 g/mol. The summed E-state index contributed by atoms with van der Waals surface area (Å²) in [6.07, 6.45) is 4.01. The van der Waals surface area contributed by atoms with Crippen molar-refractivity contribution >= 4 is 5.91 Å². The Bertz CT molecular complexity index is 396. The summed E-state index contributed by atoms with van der Waals surface area (Å²) in [7, 11) is 0. The molecule has 1 rings (SSSR count). The Morgan fingerprint density at radius 1 is 1.00 bits per heavy atom. The first-order valence-corrected chi connectivity index (χ1v) is 10.1. The molecule has 0 aliphatic carbocycles. The van der Waals surface area contributed by atoms with Crippen molar-refractivity contribution in [3.8, 4) is 0 Å². The third kappa shape index (κ3) is 9.32. The molecule has 0 radical (unpaired) electrons. The highest BCUT2D eigenvalue weighted by molar-refractivity contribution is 5.73. The quantitative estimate of drug-likeness (QED) is 0.322. The molecule has 4 N–H and O–H groups in total. The molecule has 1 heterocycles. The third-order valence-corrected chi connectivity index (χ3v) is 4.65. The summed E-state index contributed by atoms with van der Waals surface area (Å²) in [6, 6.07) is -0.913. The van der Waals surface area contributed by atoms with E-state index in [0.717, 1.165) is 12.8 Å². The Morgan fingerprint density at radius 3 is 2.30 bits per heavy atom. The van der Waals surface area contributed by atoms with Gasteiger partial charge in [-0.25, -0.2) is 0 Å². The zero-order valence-corrected chi connectivity index (χ0v) is 16.6. The van der Waals surface area contributed by atoms with Crippen molar-refractivity contribution in [1.82, 2.24) is 5.32 Å². The molecule has 0 saturated carbocycles.